The van der Waals surface area contributed by atoms with E-state index in [1.165, 1.54) is 0 Å². The number of hydrogen-bond acceptors (Lipinski definition) is 8. The van der Waals surface area contributed by atoms with Gasteiger partial charge in [-0.3, -0.25) is 10.8 Å². The zero-order chi connectivity index (χ0) is 25.8. The molecule has 4 aliphatic carbocycles. The lowest BCUT2D eigenvalue weighted by Crippen LogP contribution is -2.61. The molecule has 0 spiro atoms. The highest BCUT2D eigenvalue weighted by atomic mass is 16.5. The molecule has 0 radical (unpaired) electrons. The smallest absolute Gasteiger partial charge is 0.355 e. The second-order valence-electron chi connectivity index (χ2n) is 11.9. The van der Waals surface area contributed by atoms with Gasteiger partial charge in [0, 0.05) is 5.41 Å². The lowest BCUT2D eigenvalue weighted by atomic mass is 9.43. The molecule has 0 aromatic carbocycles. The largest absolute Gasteiger partial charge is 0.461 e. The minimum Gasteiger partial charge on any atom is -0.461 e. The van der Waals surface area contributed by atoms with Crippen LogP contribution in [0, 0.1) is 45.3 Å². The molecule has 0 saturated heterocycles. The average Bonchev–Trinajstić information content (AvgIpc) is 3.10. The second kappa shape index (κ2) is 8.94. The van der Waals surface area contributed by atoms with Gasteiger partial charge in [0.25, 0.3) is 0 Å². The lowest BCUT2D eigenvalue weighted by Gasteiger charge is -2.62. The number of carbonyl (C=O) groups is 2. The molecule has 5 unspecified atom stereocenters. The summed E-state index contributed by atoms with van der Waals surface area (Å²) in [5, 5.41) is 39.8. The summed E-state index contributed by atoms with van der Waals surface area (Å²) in [5.41, 5.74) is -4.08. The maximum atomic E-state index is 12.4. The van der Waals surface area contributed by atoms with Crippen LogP contribution in [0.4, 0.5) is 0 Å². The zero-order valence-electron chi connectivity index (χ0n) is 21.6. The van der Waals surface area contributed by atoms with Crippen LogP contribution in [0.5, 0.6) is 0 Å². The number of carbonyl (C=O) groups excluding carboxylic acids is 2. The minimum absolute atomic E-state index is 0.0131. The van der Waals surface area contributed by atoms with Crippen LogP contribution in [0.15, 0.2) is 0 Å². The molecular formula is C27H42N2O6. The van der Waals surface area contributed by atoms with Crippen LogP contribution < -0.4 is 0 Å². The van der Waals surface area contributed by atoms with Gasteiger partial charge in [0.2, 0.25) is 0 Å². The fraction of sp³-hybridized carbons (Fsp3) is 0.852. The van der Waals surface area contributed by atoms with Crippen molar-refractivity contribution < 1.29 is 29.3 Å². The fourth-order valence-corrected chi connectivity index (χ4v) is 8.66. The SMILES string of the molecule is CCOC(=O)C(=N)C1(O)CC[C@@]2(C)C(CC[C@@H]3C2CC[C@@]2(C)C3CCC2(O)C(=N)C(=O)OCC)C1. The van der Waals surface area contributed by atoms with Gasteiger partial charge >= 0.3 is 11.9 Å². The predicted octanol–water partition coefficient (Wildman–Crippen LogP) is 3.66. The molecule has 0 bridgehead atoms. The average molecular weight is 491 g/mol. The summed E-state index contributed by atoms with van der Waals surface area (Å²) in [6.07, 6.45) is 6.21. The molecule has 35 heavy (non-hydrogen) atoms. The van der Waals surface area contributed by atoms with Crippen LogP contribution in [0.1, 0.15) is 85.5 Å². The van der Waals surface area contributed by atoms with Crippen molar-refractivity contribution in [3.8, 4) is 0 Å². The normalized spacial score (nSPS) is 44.4. The van der Waals surface area contributed by atoms with Crippen LogP contribution in [-0.4, -0.2) is 58.0 Å². The van der Waals surface area contributed by atoms with Gasteiger partial charge in [-0.15, -0.1) is 0 Å². The molecule has 0 aromatic rings. The summed E-state index contributed by atoms with van der Waals surface area (Å²) >= 11 is 0. The summed E-state index contributed by atoms with van der Waals surface area (Å²) in [5.74, 6) is -0.216. The van der Waals surface area contributed by atoms with Crippen LogP contribution in [-0.2, 0) is 19.1 Å². The van der Waals surface area contributed by atoms with E-state index in [4.69, 9.17) is 20.3 Å². The maximum absolute atomic E-state index is 12.4. The molecule has 8 atom stereocenters. The second-order valence-corrected chi connectivity index (χ2v) is 11.9. The van der Waals surface area contributed by atoms with Gasteiger partial charge in [-0.25, -0.2) is 9.59 Å². The zero-order valence-corrected chi connectivity index (χ0v) is 21.6. The first-order chi connectivity index (χ1) is 16.4. The fourth-order valence-electron chi connectivity index (χ4n) is 8.66. The van der Waals surface area contributed by atoms with E-state index in [0.29, 0.717) is 31.1 Å². The third kappa shape index (κ3) is 3.78. The lowest BCUT2D eigenvalue weighted by molar-refractivity contribution is -0.154. The Hall–Kier alpha value is -1.80. The number of fused-ring (bicyclic) bond motifs is 5. The topological polar surface area (TPSA) is 141 Å². The number of hydrogen-bond donors (Lipinski definition) is 4. The molecule has 4 aliphatic rings. The Balaban J connectivity index is 1.54. The number of ether oxygens (including phenoxy) is 2. The van der Waals surface area contributed by atoms with E-state index < -0.39 is 28.6 Å². The van der Waals surface area contributed by atoms with Crippen LogP contribution in [0.2, 0.25) is 0 Å². The third-order valence-electron chi connectivity index (χ3n) is 10.7. The van der Waals surface area contributed by atoms with Crippen molar-refractivity contribution in [3.63, 3.8) is 0 Å². The van der Waals surface area contributed by atoms with Crippen molar-refractivity contribution in [2.24, 2.45) is 34.5 Å². The Morgan fingerprint density at radius 2 is 1.43 bits per heavy atom. The van der Waals surface area contributed by atoms with Gasteiger partial charge < -0.3 is 19.7 Å². The van der Waals surface area contributed by atoms with E-state index >= 15 is 0 Å². The minimum atomic E-state index is -1.46. The monoisotopic (exact) mass is 490 g/mol. The Morgan fingerprint density at radius 3 is 2.06 bits per heavy atom. The van der Waals surface area contributed by atoms with Gasteiger partial charge in [-0.05, 0) is 101 Å². The number of rotatable bonds is 6. The van der Waals surface area contributed by atoms with Crippen LogP contribution >= 0.6 is 0 Å². The van der Waals surface area contributed by atoms with Crippen molar-refractivity contribution in [3.05, 3.63) is 0 Å². The summed E-state index contributed by atoms with van der Waals surface area (Å²) in [6.45, 7) is 8.14. The summed E-state index contributed by atoms with van der Waals surface area (Å²) in [4.78, 5) is 24.6. The van der Waals surface area contributed by atoms with Crippen molar-refractivity contribution >= 4 is 23.4 Å². The molecule has 4 fully saturated rings. The summed E-state index contributed by atoms with van der Waals surface area (Å²) in [6, 6.07) is 0. The molecule has 0 aromatic heterocycles. The van der Waals surface area contributed by atoms with Crippen molar-refractivity contribution in [1.82, 2.24) is 0 Å². The predicted molar refractivity (Wildman–Crippen MR) is 130 cm³/mol. The number of nitrogens with one attached hydrogen (secondary N) is 2. The van der Waals surface area contributed by atoms with Crippen LogP contribution in [0.25, 0.3) is 0 Å². The van der Waals surface area contributed by atoms with Crippen molar-refractivity contribution in [1.29, 1.82) is 10.8 Å². The summed E-state index contributed by atoms with van der Waals surface area (Å²) in [7, 11) is 0. The Kier molecular flexibility index (Phi) is 6.71. The van der Waals surface area contributed by atoms with E-state index in [2.05, 4.69) is 13.8 Å². The molecule has 8 heteroatoms. The molecule has 4 rings (SSSR count). The van der Waals surface area contributed by atoms with Gasteiger partial charge in [0.05, 0.1) is 13.2 Å². The van der Waals surface area contributed by atoms with Gasteiger partial charge in [-0.1, -0.05) is 13.8 Å². The van der Waals surface area contributed by atoms with Gasteiger partial charge in [-0.2, -0.15) is 0 Å². The molecule has 196 valence electrons. The van der Waals surface area contributed by atoms with E-state index in [-0.39, 0.29) is 41.9 Å². The Labute approximate surface area is 208 Å². The molecule has 4 saturated carbocycles. The highest BCUT2D eigenvalue weighted by Crippen LogP contribution is 2.69. The summed E-state index contributed by atoms with van der Waals surface area (Å²) < 4.78 is 10.1. The first-order valence-corrected chi connectivity index (χ1v) is 13.3. The molecule has 0 amide bonds. The van der Waals surface area contributed by atoms with E-state index in [1.807, 2.05) is 0 Å². The van der Waals surface area contributed by atoms with Gasteiger partial charge in [0.1, 0.15) is 22.6 Å². The highest BCUT2D eigenvalue weighted by Gasteiger charge is 2.67. The molecule has 0 aliphatic heterocycles. The first-order valence-electron chi connectivity index (χ1n) is 13.3. The molecule has 8 nitrogen and oxygen atoms in total. The van der Waals surface area contributed by atoms with E-state index in [9.17, 15) is 19.8 Å². The van der Waals surface area contributed by atoms with Crippen molar-refractivity contribution in [2.75, 3.05) is 13.2 Å². The third-order valence-corrected chi connectivity index (χ3v) is 10.7. The van der Waals surface area contributed by atoms with E-state index in [0.717, 1.165) is 38.5 Å². The highest BCUT2D eigenvalue weighted by molar-refractivity contribution is 6.39. The Morgan fingerprint density at radius 1 is 0.829 bits per heavy atom. The van der Waals surface area contributed by atoms with Crippen molar-refractivity contribution in [2.45, 2.75) is 96.7 Å². The van der Waals surface area contributed by atoms with E-state index in [1.54, 1.807) is 13.8 Å². The number of esters is 2. The standard InChI is InChI=1S/C27H42N2O6/c1-5-34-22(30)20(28)26(32)14-13-24(3)16(15-26)7-8-17-18(24)9-11-25(4)19(17)10-12-27(25,33)21(29)23(31)35-6-2/h16-19,28-29,32-33H,5-15H2,1-4H3/t16?,17-,18?,19?,24+,25+,26?,27?/m1/s1. The number of aliphatic hydroxyl groups is 2. The molecule has 4 N–H and O–H groups in total. The first kappa shape index (κ1) is 26.3. The quantitative estimate of drug-likeness (QED) is 0.331. The maximum Gasteiger partial charge on any atom is 0.355 e. The Bertz CT molecular complexity index is 921. The molecular weight excluding hydrogens is 448 g/mol. The van der Waals surface area contributed by atoms with Crippen LogP contribution in [0.3, 0.4) is 0 Å². The molecule has 0 heterocycles. The van der Waals surface area contributed by atoms with Gasteiger partial charge in [0.15, 0.2) is 0 Å².